The molecule has 5 N–H and O–H groups in total. The van der Waals surface area contributed by atoms with Crippen LogP contribution < -0.4 is 16.2 Å². The van der Waals surface area contributed by atoms with Crippen LogP contribution in [0.5, 0.6) is 6.01 Å². The number of rotatable bonds is 10. The molecule has 2 heterocycles. The molecule has 0 fully saturated rings. The SMILES string of the molecule is COCCOc1nc(N)c2[nH]c(=O)n(CC(OCP(=O)(O)O)C3=CCCC=C3)c2n1. The summed E-state index contributed by atoms with van der Waals surface area (Å²) in [6, 6.07) is -0.0192. The predicted octanol–water partition coefficient (Wildman–Crippen LogP) is 0.524. The lowest BCUT2D eigenvalue weighted by atomic mass is 10.0. The third kappa shape index (κ3) is 5.55. The van der Waals surface area contributed by atoms with Crippen molar-refractivity contribution in [3.05, 3.63) is 34.3 Å². The minimum absolute atomic E-state index is 0.0192. The van der Waals surface area contributed by atoms with Gasteiger partial charge in [0.15, 0.2) is 11.5 Å². The van der Waals surface area contributed by atoms with Crippen LogP contribution in [0, 0.1) is 0 Å². The van der Waals surface area contributed by atoms with Crippen LogP contribution >= 0.6 is 7.60 Å². The maximum Gasteiger partial charge on any atom is 0.351 e. The van der Waals surface area contributed by atoms with Crippen molar-refractivity contribution in [2.45, 2.75) is 25.5 Å². The number of ether oxygens (including phenoxy) is 3. The number of fused-ring (bicyclic) bond motifs is 1. The van der Waals surface area contributed by atoms with Gasteiger partial charge in [-0.15, -0.1) is 0 Å². The number of nitrogen functional groups attached to an aromatic ring is 1. The smallest absolute Gasteiger partial charge is 0.351 e. The maximum atomic E-state index is 12.6. The fourth-order valence-corrected chi connectivity index (χ4v) is 3.33. The third-order valence-electron chi connectivity index (χ3n) is 4.34. The lowest BCUT2D eigenvalue weighted by Gasteiger charge is -2.21. The van der Waals surface area contributed by atoms with E-state index in [4.69, 9.17) is 19.9 Å². The molecule has 3 rings (SSSR count). The molecule has 12 nitrogen and oxygen atoms in total. The normalized spacial score (nSPS) is 15.4. The summed E-state index contributed by atoms with van der Waals surface area (Å²) in [6.07, 6.45) is 5.72. The molecule has 2 aromatic heterocycles. The largest absolute Gasteiger partial charge is 0.461 e. The second-order valence-electron chi connectivity index (χ2n) is 6.60. The molecule has 0 saturated heterocycles. The number of aromatic nitrogens is 4. The first-order valence-corrected chi connectivity index (χ1v) is 11.0. The van der Waals surface area contributed by atoms with Crippen molar-refractivity contribution < 1.29 is 28.6 Å². The minimum atomic E-state index is -4.40. The maximum absolute atomic E-state index is 12.6. The van der Waals surface area contributed by atoms with E-state index in [1.807, 2.05) is 18.2 Å². The molecule has 0 aromatic carbocycles. The number of methoxy groups -OCH3 is 1. The molecular weight excluding hydrogens is 417 g/mol. The van der Waals surface area contributed by atoms with E-state index in [-0.39, 0.29) is 36.1 Å². The van der Waals surface area contributed by atoms with E-state index in [1.54, 1.807) is 0 Å². The molecule has 164 valence electrons. The van der Waals surface area contributed by atoms with Crippen LogP contribution in [0.25, 0.3) is 11.2 Å². The number of aromatic amines is 1. The van der Waals surface area contributed by atoms with E-state index >= 15 is 0 Å². The summed E-state index contributed by atoms with van der Waals surface area (Å²) in [4.78, 5) is 41.8. The number of nitrogens with one attached hydrogen (secondary N) is 1. The Hall–Kier alpha value is -2.50. The van der Waals surface area contributed by atoms with Gasteiger partial charge in [0.05, 0.1) is 13.2 Å². The second kappa shape index (κ2) is 9.54. The Morgan fingerprint density at radius 2 is 2.13 bits per heavy atom. The van der Waals surface area contributed by atoms with Crippen LogP contribution in [0.4, 0.5) is 5.82 Å². The Kier molecular flexibility index (Phi) is 7.06. The highest BCUT2D eigenvalue weighted by Gasteiger charge is 2.24. The molecule has 30 heavy (non-hydrogen) atoms. The molecule has 0 amide bonds. The number of H-pyrrole nitrogens is 1. The van der Waals surface area contributed by atoms with Gasteiger partial charge in [0.25, 0.3) is 0 Å². The summed E-state index contributed by atoms with van der Waals surface area (Å²) < 4.78 is 28.4. The summed E-state index contributed by atoms with van der Waals surface area (Å²) in [5, 5.41) is 0. The molecular formula is C17H24N5O7P. The summed E-state index contributed by atoms with van der Waals surface area (Å²) >= 11 is 0. The number of hydrogen-bond acceptors (Lipinski definition) is 8. The molecule has 0 saturated carbocycles. The lowest BCUT2D eigenvalue weighted by Crippen LogP contribution is -2.29. The van der Waals surface area contributed by atoms with E-state index in [1.165, 1.54) is 11.7 Å². The van der Waals surface area contributed by atoms with E-state index in [0.29, 0.717) is 6.61 Å². The van der Waals surface area contributed by atoms with Gasteiger partial charge >= 0.3 is 19.3 Å². The van der Waals surface area contributed by atoms with Crippen molar-refractivity contribution in [3.8, 4) is 6.01 Å². The fraction of sp³-hybridized carbons (Fsp3) is 0.471. The zero-order valence-electron chi connectivity index (χ0n) is 16.4. The highest BCUT2D eigenvalue weighted by Crippen LogP contribution is 2.35. The molecule has 0 bridgehead atoms. The Balaban J connectivity index is 1.94. The Labute approximate surface area is 171 Å². The van der Waals surface area contributed by atoms with Gasteiger partial charge in [-0.1, -0.05) is 18.2 Å². The van der Waals surface area contributed by atoms with Gasteiger partial charge in [-0.05, 0) is 18.4 Å². The number of allylic oxidation sites excluding steroid dienone is 2. The first kappa shape index (κ1) is 22.2. The van der Waals surface area contributed by atoms with Crippen LogP contribution in [0.1, 0.15) is 12.8 Å². The molecule has 1 aliphatic carbocycles. The molecule has 0 spiro atoms. The first-order chi connectivity index (χ1) is 14.3. The molecule has 13 heteroatoms. The van der Waals surface area contributed by atoms with Crippen LogP contribution in [0.2, 0.25) is 0 Å². The van der Waals surface area contributed by atoms with Crippen molar-refractivity contribution in [1.29, 1.82) is 0 Å². The van der Waals surface area contributed by atoms with Crippen LogP contribution in [0.3, 0.4) is 0 Å². The quantitative estimate of drug-likeness (QED) is 0.300. The fourth-order valence-electron chi connectivity index (χ4n) is 2.96. The van der Waals surface area contributed by atoms with Crippen LogP contribution in [0.15, 0.2) is 28.6 Å². The average molecular weight is 441 g/mol. The van der Waals surface area contributed by atoms with E-state index in [0.717, 1.165) is 18.4 Å². The average Bonchev–Trinajstić information content (AvgIpc) is 3.01. The number of hydrogen-bond donors (Lipinski definition) is 4. The highest BCUT2D eigenvalue weighted by atomic mass is 31.2. The number of imidazole rings is 1. The van der Waals surface area contributed by atoms with E-state index in [9.17, 15) is 19.1 Å². The van der Waals surface area contributed by atoms with Gasteiger partial charge in [-0.2, -0.15) is 9.97 Å². The van der Waals surface area contributed by atoms with E-state index < -0.39 is 25.7 Å². The van der Waals surface area contributed by atoms with Crippen LogP contribution in [-0.4, -0.2) is 62.1 Å². The monoisotopic (exact) mass is 441 g/mol. The number of nitrogens with zero attached hydrogens (tertiary/aromatic N) is 3. The zero-order chi connectivity index (χ0) is 21.7. The number of anilines is 1. The summed E-state index contributed by atoms with van der Waals surface area (Å²) in [7, 11) is -2.87. The van der Waals surface area contributed by atoms with Crippen molar-refractivity contribution in [2.75, 3.05) is 32.4 Å². The highest BCUT2D eigenvalue weighted by molar-refractivity contribution is 7.51. The second-order valence-corrected chi connectivity index (χ2v) is 8.19. The summed E-state index contributed by atoms with van der Waals surface area (Å²) in [5.74, 6) is 0.0349. The van der Waals surface area contributed by atoms with E-state index in [2.05, 4.69) is 15.0 Å². The van der Waals surface area contributed by atoms with Gasteiger partial charge in [-0.25, -0.2) is 4.79 Å². The predicted molar refractivity (Wildman–Crippen MR) is 108 cm³/mol. The molecule has 0 aliphatic heterocycles. The lowest BCUT2D eigenvalue weighted by molar-refractivity contribution is 0.0895. The Morgan fingerprint density at radius 1 is 1.33 bits per heavy atom. The third-order valence-corrected chi connectivity index (χ3v) is 4.82. The molecule has 1 atom stereocenters. The molecule has 1 unspecified atom stereocenters. The van der Waals surface area contributed by atoms with Gasteiger partial charge in [0.1, 0.15) is 24.6 Å². The van der Waals surface area contributed by atoms with Crippen molar-refractivity contribution in [2.24, 2.45) is 0 Å². The Bertz CT molecular complexity index is 1050. The van der Waals surface area contributed by atoms with Crippen molar-refractivity contribution >= 4 is 24.6 Å². The molecule has 1 aliphatic rings. The first-order valence-electron chi connectivity index (χ1n) is 9.19. The van der Waals surface area contributed by atoms with Gasteiger partial charge in [0, 0.05) is 7.11 Å². The summed E-state index contributed by atoms with van der Waals surface area (Å²) in [5.41, 5.74) is 6.57. The standard InChI is InChI=1S/C17H24N5O7P/c1-27-7-8-28-16-20-14(18)13-15(21-16)22(17(23)19-13)9-12(29-10-30(24,25)26)11-5-3-2-4-6-11/h3,5-6,12H,2,4,7-10H2,1H3,(H,19,23)(H2,18,20,21)(H2,24,25,26). The molecule has 0 radical (unpaired) electrons. The zero-order valence-corrected chi connectivity index (χ0v) is 17.2. The Morgan fingerprint density at radius 3 is 2.80 bits per heavy atom. The van der Waals surface area contributed by atoms with Gasteiger partial charge in [-0.3, -0.25) is 9.13 Å². The topological polar surface area (TPSA) is 175 Å². The molecule has 2 aromatic rings. The summed E-state index contributed by atoms with van der Waals surface area (Å²) in [6.45, 7) is 0.477. The van der Waals surface area contributed by atoms with Crippen LogP contribution in [-0.2, 0) is 20.6 Å². The van der Waals surface area contributed by atoms with Crippen molar-refractivity contribution in [1.82, 2.24) is 19.5 Å². The van der Waals surface area contributed by atoms with Gasteiger partial charge in [0.2, 0.25) is 0 Å². The van der Waals surface area contributed by atoms with Crippen molar-refractivity contribution in [3.63, 3.8) is 0 Å². The number of nitrogens with two attached hydrogens (primary N) is 1. The minimum Gasteiger partial charge on any atom is -0.461 e. The van der Waals surface area contributed by atoms with Gasteiger partial charge < -0.3 is 34.7 Å².